The second-order valence-electron chi connectivity index (χ2n) is 3.40. The number of methoxy groups -OCH3 is 1. The van der Waals surface area contributed by atoms with Crippen molar-refractivity contribution in [2.45, 2.75) is 0 Å². The zero-order chi connectivity index (χ0) is 12.3. The minimum absolute atomic E-state index is 0. The first-order valence-electron chi connectivity index (χ1n) is 4.95. The van der Waals surface area contributed by atoms with Crippen molar-refractivity contribution >= 4 is 11.4 Å². The van der Waals surface area contributed by atoms with Crippen molar-refractivity contribution in [2.24, 2.45) is 0 Å². The number of quaternary nitrogens is 1. The molecule has 2 aromatic rings. The molecule has 0 atom stereocenters. The molecule has 0 saturated heterocycles. The third-order valence-corrected chi connectivity index (χ3v) is 2.39. The van der Waals surface area contributed by atoms with Gasteiger partial charge in [-0.1, -0.05) is 6.07 Å². The Morgan fingerprint density at radius 3 is 2.83 bits per heavy atom. The highest BCUT2D eigenvalue weighted by molar-refractivity contribution is 5.72. The predicted octanol–water partition coefficient (Wildman–Crippen LogP) is -0.398. The van der Waals surface area contributed by atoms with Gasteiger partial charge in [0.05, 0.1) is 19.0 Å². The van der Waals surface area contributed by atoms with Crippen molar-refractivity contribution in [1.82, 2.24) is 9.97 Å². The van der Waals surface area contributed by atoms with Gasteiger partial charge in [0.15, 0.2) is 11.4 Å². The van der Waals surface area contributed by atoms with E-state index in [9.17, 15) is 5.21 Å². The lowest BCUT2D eigenvalue weighted by atomic mass is 10.1. The largest absolute Gasteiger partial charge is 0.630 e. The molecule has 2 rings (SSSR count). The Morgan fingerprint density at radius 1 is 1.39 bits per heavy atom. The summed E-state index contributed by atoms with van der Waals surface area (Å²) in [5.74, 6) is 0.550. The molecular weight excluding hydrogens is 236 g/mol. The highest BCUT2D eigenvalue weighted by Gasteiger charge is 2.09. The summed E-state index contributed by atoms with van der Waals surface area (Å²) in [6.07, 6.45) is 2.99. The molecule has 18 heavy (non-hydrogen) atoms. The van der Waals surface area contributed by atoms with Crippen LogP contribution in [0, 0.1) is 5.21 Å². The first-order chi connectivity index (χ1) is 8.26. The Kier molecular flexibility index (Phi) is 4.55. The summed E-state index contributed by atoms with van der Waals surface area (Å²) in [6, 6.07) is 5.13. The molecule has 7 heteroatoms. The van der Waals surface area contributed by atoms with E-state index in [1.54, 1.807) is 31.5 Å². The van der Waals surface area contributed by atoms with Crippen LogP contribution in [0.4, 0.5) is 11.4 Å². The number of nitrogens with two attached hydrogens (primary N) is 2. The lowest BCUT2D eigenvalue weighted by Gasteiger charge is -2.09. The van der Waals surface area contributed by atoms with Crippen LogP contribution in [0.3, 0.4) is 0 Å². The Balaban J connectivity index is 0.00000162. The molecule has 1 aromatic heterocycles. The molecule has 0 bridgehead atoms. The first-order valence-corrected chi connectivity index (χ1v) is 4.95. The van der Waals surface area contributed by atoms with Gasteiger partial charge in [0.1, 0.15) is 12.0 Å². The predicted molar refractivity (Wildman–Crippen MR) is 67.0 cm³/mol. The fraction of sp³-hybridized carbons (Fsp3) is 0.0909. The molecule has 1 heterocycles. The molecule has 0 aliphatic carbocycles. The number of aromatic nitrogens is 2. The summed E-state index contributed by atoms with van der Waals surface area (Å²) < 4.78 is 5.16. The summed E-state index contributed by atoms with van der Waals surface area (Å²) in [7, 11) is 1.54. The van der Waals surface area contributed by atoms with Crippen molar-refractivity contribution in [3.63, 3.8) is 0 Å². The average Bonchev–Trinajstić information content (AvgIpc) is 2.39. The van der Waals surface area contributed by atoms with Crippen molar-refractivity contribution in [3.8, 4) is 17.0 Å². The molecule has 1 aromatic carbocycles. The maximum atomic E-state index is 10.8. The van der Waals surface area contributed by atoms with Crippen LogP contribution in [0.25, 0.3) is 11.3 Å². The minimum Gasteiger partial charge on any atom is -0.630 e. The number of nitrogen functional groups attached to an aromatic ring is 1. The van der Waals surface area contributed by atoms with Gasteiger partial charge >= 0.3 is 0 Å². The zero-order valence-electron chi connectivity index (χ0n) is 9.75. The van der Waals surface area contributed by atoms with Gasteiger partial charge in [0, 0.05) is 11.6 Å². The lowest BCUT2D eigenvalue weighted by molar-refractivity contribution is -0.496. The maximum Gasteiger partial charge on any atom is 0.163 e. The van der Waals surface area contributed by atoms with E-state index in [0.717, 1.165) is 5.56 Å². The summed E-state index contributed by atoms with van der Waals surface area (Å²) in [5.41, 5.74) is 8.64. The van der Waals surface area contributed by atoms with Crippen LogP contribution in [-0.4, -0.2) is 22.6 Å². The van der Waals surface area contributed by atoms with Crippen molar-refractivity contribution in [1.29, 1.82) is 0 Å². The van der Waals surface area contributed by atoms with E-state index in [1.807, 2.05) is 0 Å². The lowest BCUT2D eigenvalue weighted by Crippen LogP contribution is -2.70. The van der Waals surface area contributed by atoms with Crippen LogP contribution in [0.2, 0.25) is 0 Å². The van der Waals surface area contributed by atoms with Gasteiger partial charge in [-0.05, 0) is 6.07 Å². The topological polar surface area (TPSA) is 132 Å². The van der Waals surface area contributed by atoms with Gasteiger partial charge < -0.3 is 26.6 Å². The highest BCUT2D eigenvalue weighted by Crippen LogP contribution is 2.29. The summed E-state index contributed by atoms with van der Waals surface area (Å²) in [5, 5.41) is 10.8. The number of ether oxygens (including phenoxy) is 1. The Morgan fingerprint density at radius 2 is 2.17 bits per heavy atom. The average molecular weight is 250 g/mol. The van der Waals surface area contributed by atoms with E-state index in [4.69, 9.17) is 10.5 Å². The number of hydrogen-bond donors (Lipinski definition) is 2. The molecule has 0 unspecified atom stereocenters. The van der Waals surface area contributed by atoms with Gasteiger partial charge in [0.25, 0.3) is 0 Å². The smallest absolute Gasteiger partial charge is 0.163 e. The standard InChI is InChI=1S/C11H12N4O2.H2O/c1-17-10-5-13-6-14-11(10)7-2-3-8(12)9(4-7)15-16;/h2-6H,12,15H2,1H3;1H2. The number of rotatable bonds is 3. The SMILES string of the molecule is COc1cncnc1-c1ccc(N)c([NH2+][O-])c1.O. The van der Waals surface area contributed by atoms with E-state index in [0.29, 0.717) is 28.3 Å². The quantitative estimate of drug-likeness (QED) is 0.565. The number of nitrogens with zero attached hydrogens (tertiary/aromatic N) is 2. The number of anilines is 1. The summed E-state index contributed by atoms with van der Waals surface area (Å²) in [6.45, 7) is 0. The molecule has 96 valence electrons. The van der Waals surface area contributed by atoms with Crippen molar-refractivity contribution < 1.29 is 15.7 Å². The minimum atomic E-state index is 0. The molecule has 0 saturated carbocycles. The monoisotopic (exact) mass is 250 g/mol. The van der Waals surface area contributed by atoms with Gasteiger partial charge in [0.2, 0.25) is 0 Å². The zero-order valence-corrected chi connectivity index (χ0v) is 9.75. The van der Waals surface area contributed by atoms with Crippen LogP contribution in [0.5, 0.6) is 5.75 Å². The van der Waals surface area contributed by atoms with Gasteiger partial charge in [-0.25, -0.2) is 9.97 Å². The van der Waals surface area contributed by atoms with E-state index in [2.05, 4.69) is 9.97 Å². The van der Waals surface area contributed by atoms with E-state index in [1.165, 1.54) is 6.33 Å². The van der Waals surface area contributed by atoms with Crippen LogP contribution in [0.1, 0.15) is 0 Å². The third-order valence-electron chi connectivity index (χ3n) is 2.39. The fourth-order valence-corrected chi connectivity index (χ4v) is 1.51. The molecule has 0 aliphatic heterocycles. The van der Waals surface area contributed by atoms with Crippen molar-refractivity contribution in [3.05, 3.63) is 35.9 Å². The van der Waals surface area contributed by atoms with E-state index < -0.39 is 0 Å². The Bertz CT molecular complexity index is 533. The molecule has 0 radical (unpaired) electrons. The second kappa shape index (κ2) is 5.92. The Labute approximate surface area is 104 Å². The number of benzene rings is 1. The summed E-state index contributed by atoms with van der Waals surface area (Å²) in [4.78, 5) is 8.00. The van der Waals surface area contributed by atoms with E-state index in [-0.39, 0.29) is 5.48 Å². The van der Waals surface area contributed by atoms with Gasteiger partial charge in [-0.15, -0.1) is 0 Å². The molecule has 7 nitrogen and oxygen atoms in total. The van der Waals surface area contributed by atoms with Crippen LogP contribution < -0.4 is 16.0 Å². The van der Waals surface area contributed by atoms with E-state index >= 15 is 0 Å². The van der Waals surface area contributed by atoms with Gasteiger partial charge in [-0.3, -0.25) is 0 Å². The maximum absolute atomic E-state index is 10.8. The molecule has 0 aliphatic rings. The highest BCUT2D eigenvalue weighted by atomic mass is 16.5. The summed E-state index contributed by atoms with van der Waals surface area (Å²) >= 11 is 0. The molecular formula is C11H14N4O3. The number of hydrogen-bond acceptors (Lipinski definition) is 5. The van der Waals surface area contributed by atoms with Crippen LogP contribution in [0.15, 0.2) is 30.7 Å². The third kappa shape index (κ3) is 2.54. The molecule has 0 fully saturated rings. The molecule has 0 amide bonds. The first kappa shape index (κ1) is 13.8. The second-order valence-corrected chi connectivity index (χ2v) is 3.40. The normalized spacial score (nSPS) is 9.67. The fourth-order valence-electron chi connectivity index (χ4n) is 1.51. The van der Waals surface area contributed by atoms with Gasteiger partial charge in [-0.2, -0.15) is 0 Å². The van der Waals surface area contributed by atoms with Crippen LogP contribution >= 0.6 is 0 Å². The Hall–Kier alpha value is -2.22. The molecule has 6 N–H and O–H groups in total. The molecule has 0 spiro atoms. The van der Waals surface area contributed by atoms with Crippen LogP contribution in [-0.2, 0) is 0 Å². The van der Waals surface area contributed by atoms with Crippen molar-refractivity contribution in [2.75, 3.05) is 12.8 Å².